The summed E-state index contributed by atoms with van der Waals surface area (Å²) in [6.07, 6.45) is 0.821. The fraction of sp³-hybridized carbons (Fsp3) is 0.294. The Bertz CT molecular complexity index is 753. The Morgan fingerprint density at radius 3 is 2.67 bits per heavy atom. The van der Waals surface area contributed by atoms with Crippen molar-refractivity contribution in [1.29, 1.82) is 0 Å². The number of carbonyl (C=O) groups is 2. The summed E-state index contributed by atoms with van der Waals surface area (Å²) in [5, 5.41) is 12.2. The van der Waals surface area contributed by atoms with E-state index in [1.54, 1.807) is 26.2 Å². The molecule has 7 heteroatoms. The van der Waals surface area contributed by atoms with Crippen LogP contribution in [0.15, 0.2) is 28.7 Å². The lowest BCUT2D eigenvalue weighted by Gasteiger charge is -2.06. The van der Waals surface area contributed by atoms with Crippen LogP contribution in [0.2, 0.25) is 5.02 Å². The molecule has 0 spiro atoms. The molecule has 1 aromatic carbocycles. The number of rotatable bonds is 7. The summed E-state index contributed by atoms with van der Waals surface area (Å²) < 4.78 is 10.4. The molecule has 0 saturated heterocycles. The van der Waals surface area contributed by atoms with Gasteiger partial charge in [0.05, 0.1) is 18.7 Å². The molecule has 2 rings (SSSR count). The number of furan rings is 1. The number of benzene rings is 1. The summed E-state index contributed by atoms with van der Waals surface area (Å²) in [6, 6.07) is 6.80. The molecule has 0 aliphatic carbocycles. The zero-order valence-electron chi connectivity index (χ0n) is 13.4. The first-order chi connectivity index (χ1) is 11.4. The molecule has 0 fully saturated rings. The van der Waals surface area contributed by atoms with Gasteiger partial charge in [0.15, 0.2) is 0 Å². The predicted molar refractivity (Wildman–Crippen MR) is 88.6 cm³/mol. The van der Waals surface area contributed by atoms with Gasteiger partial charge in [0.1, 0.15) is 22.8 Å². The maximum Gasteiger partial charge on any atom is 0.339 e. The van der Waals surface area contributed by atoms with Crippen LogP contribution in [-0.2, 0) is 17.8 Å². The number of methoxy groups -OCH3 is 1. The molecule has 2 aromatic rings. The third-order valence-corrected chi connectivity index (χ3v) is 3.81. The average molecular weight is 352 g/mol. The SMILES string of the molecule is COc1ccc(CCC(=O)NCc2cc(C(=O)O)c(C)o2)cc1Cl. The van der Waals surface area contributed by atoms with Gasteiger partial charge in [-0.25, -0.2) is 4.79 Å². The highest BCUT2D eigenvalue weighted by atomic mass is 35.5. The Hall–Kier alpha value is -2.47. The van der Waals surface area contributed by atoms with E-state index in [1.807, 2.05) is 6.07 Å². The molecule has 0 aliphatic rings. The first-order valence-electron chi connectivity index (χ1n) is 7.32. The second-order valence-electron chi connectivity index (χ2n) is 5.23. The fourth-order valence-electron chi connectivity index (χ4n) is 2.24. The van der Waals surface area contributed by atoms with Gasteiger partial charge in [-0.05, 0) is 37.1 Å². The van der Waals surface area contributed by atoms with E-state index in [1.165, 1.54) is 6.07 Å². The molecule has 2 N–H and O–H groups in total. The van der Waals surface area contributed by atoms with E-state index in [2.05, 4.69) is 5.32 Å². The molecular weight excluding hydrogens is 334 g/mol. The number of ether oxygens (including phenoxy) is 1. The number of aromatic carboxylic acids is 1. The highest BCUT2D eigenvalue weighted by Crippen LogP contribution is 2.25. The smallest absolute Gasteiger partial charge is 0.339 e. The Kier molecular flexibility index (Phi) is 5.87. The monoisotopic (exact) mass is 351 g/mol. The van der Waals surface area contributed by atoms with Gasteiger partial charge < -0.3 is 19.6 Å². The largest absolute Gasteiger partial charge is 0.495 e. The highest BCUT2D eigenvalue weighted by Gasteiger charge is 2.14. The van der Waals surface area contributed by atoms with Crippen molar-refractivity contribution in [3.8, 4) is 5.75 Å². The quantitative estimate of drug-likeness (QED) is 0.799. The van der Waals surface area contributed by atoms with E-state index in [0.717, 1.165) is 5.56 Å². The van der Waals surface area contributed by atoms with Crippen LogP contribution in [0.4, 0.5) is 0 Å². The van der Waals surface area contributed by atoms with Crippen LogP contribution >= 0.6 is 11.6 Å². The minimum Gasteiger partial charge on any atom is -0.495 e. The summed E-state index contributed by atoms with van der Waals surface area (Å²) in [6.45, 7) is 1.72. The summed E-state index contributed by atoms with van der Waals surface area (Å²) in [5.41, 5.74) is 1.03. The van der Waals surface area contributed by atoms with E-state index in [4.69, 9.17) is 25.9 Å². The van der Waals surface area contributed by atoms with Gasteiger partial charge in [0.25, 0.3) is 0 Å². The summed E-state index contributed by atoms with van der Waals surface area (Å²) in [5.74, 6) is 0.107. The number of halogens is 1. The molecule has 6 nitrogen and oxygen atoms in total. The zero-order chi connectivity index (χ0) is 17.7. The van der Waals surface area contributed by atoms with Gasteiger partial charge in [-0.2, -0.15) is 0 Å². The Morgan fingerprint density at radius 1 is 1.33 bits per heavy atom. The minimum atomic E-state index is -1.05. The lowest BCUT2D eigenvalue weighted by atomic mass is 10.1. The van der Waals surface area contributed by atoms with Crippen molar-refractivity contribution < 1.29 is 23.8 Å². The van der Waals surface area contributed by atoms with Gasteiger partial charge in [-0.3, -0.25) is 4.79 Å². The van der Waals surface area contributed by atoms with E-state index in [0.29, 0.717) is 28.7 Å². The van der Waals surface area contributed by atoms with Gasteiger partial charge in [-0.15, -0.1) is 0 Å². The van der Waals surface area contributed by atoms with Gasteiger partial charge in [-0.1, -0.05) is 17.7 Å². The maximum absolute atomic E-state index is 11.9. The molecule has 1 heterocycles. The first kappa shape index (κ1) is 17.9. The summed E-state index contributed by atoms with van der Waals surface area (Å²) in [4.78, 5) is 22.8. The van der Waals surface area contributed by atoms with Gasteiger partial charge in [0.2, 0.25) is 5.91 Å². The van der Waals surface area contributed by atoms with Gasteiger partial charge in [0, 0.05) is 6.42 Å². The third-order valence-electron chi connectivity index (χ3n) is 3.52. The number of carboxylic acids is 1. The van der Waals surface area contributed by atoms with Crippen LogP contribution < -0.4 is 10.1 Å². The topological polar surface area (TPSA) is 88.8 Å². The number of carbonyl (C=O) groups excluding carboxylic acids is 1. The van der Waals surface area contributed by atoms with Crippen molar-refractivity contribution in [2.24, 2.45) is 0 Å². The molecule has 128 valence electrons. The maximum atomic E-state index is 11.9. The van der Waals surface area contributed by atoms with Crippen molar-refractivity contribution >= 4 is 23.5 Å². The van der Waals surface area contributed by atoms with E-state index in [9.17, 15) is 9.59 Å². The van der Waals surface area contributed by atoms with Crippen molar-refractivity contribution in [2.45, 2.75) is 26.3 Å². The predicted octanol–water partition coefficient (Wildman–Crippen LogP) is 3.20. The van der Waals surface area contributed by atoms with Gasteiger partial charge >= 0.3 is 5.97 Å². The van der Waals surface area contributed by atoms with Crippen LogP contribution in [0.5, 0.6) is 5.75 Å². The lowest BCUT2D eigenvalue weighted by Crippen LogP contribution is -2.22. The number of hydrogen-bond acceptors (Lipinski definition) is 4. The van der Waals surface area contributed by atoms with Crippen LogP contribution in [-0.4, -0.2) is 24.1 Å². The van der Waals surface area contributed by atoms with Crippen LogP contribution in [0, 0.1) is 6.92 Å². The number of carboxylic acid groups (broad SMARTS) is 1. The number of amides is 1. The minimum absolute atomic E-state index is 0.104. The van der Waals surface area contributed by atoms with Crippen molar-refractivity contribution in [3.63, 3.8) is 0 Å². The summed E-state index contributed by atoms with van der Waals surface area (Å²) >= 11 is 6.04. The Labute approximate surface area is 144 Å². The highest BCUT2D eigenvalue weighted by molar-refractivity contribution is 6.32. The number of nitrogens with one attached hydrogen (secondary N) is 1. The van der Waals surface area contributed by atoms with Crippen LogP contribution in [0.25, 0.3) is 0 Å². The Morgan fingerprint density at radius 2 is 2.08 bits per heavy atom. The molecule has 0 bridgehead atoms. The standard InChI is InChI=1S/C17H18ClNO5/c1-10-13(17(21)22)8-12(24-10)9-19-16(20)6-4-11-3-5-15(23-2)14(18)7-11/h3,5,7-8H,4,6,9H2,1-2H3,(H,19,20)(H,21,22). The second-order valence-corrected chi connectivity index (χ2v) is 5.64. The molecule has 0 radical (unpaired) electrons. The normalized spacial score (nSPS) is 10.5. The van der Waals surface area contributed by atoms with Crippen molar-refractivity contribution in [1.82, 2.24) is 5.32 Å². The molecule has 1 amide bonds. The van der Waals surface area contributed by atoms with E-state index < -0.39 is 5.97 Å². The zero-order valence-corrected chi connectivity index (χ0v) is 14.1. The van der Waals surface area contributed by atoms with E-state index in [-0.39, 0.29) is 24.4 Å². The molecule has 0 aliphatic heterocycles. The second kappa shape index (κ2) is 7.88. The van der Waals surface area contributed by atoms with Crippen molar-refractivity contribution in [2.75, 3.05) is 7.11 Å². The molecule has 0 atom stereocenters. The van der Waals surface area contributed by atoms with Crippen molar-refractivity contribution in [3.05, 3.63) is 51.9 Å². The van der Waals surface area contributed by atoms with E-state index >= 15 is 0 Å². The number of aryl methyl sites for hydroxylation is 2. The molecule has 1 aromatic heterocycles. The molecule has 0 unspecified atom stereocenters. The molecule has 24 heavy (non-hydrogen) atoms. The fourth-order valence-corrected chi connectivity index (χ4v) is 2.52. The lowest BCUT2D eigenvalue weighted by molar-refractivity contribution is -0.121. The first-order valence-corrected chi connectivity index (χ1v) is 7.70. The molecular formula is C17H18ClNO5. The molecule has 0 saturated carbocycles. The summed E-state index contributed by atoms with van der Waals surface area (Å²) in [7, 11) is 1.54. The van der Waals surface area contributed by atoms with Crippen LogP contribution in [0.3, 0.4) is 0 Å². The van der Waals surface area contributed by atoms with Crippen LogP contribution in [0.1, 0.15) is 33.9 Å². The Balaban J connectivity index is 1.84. The average Bonchev–Trinajstić information content (AvgIpc) is 2.92. The number of hydrogen-bond donors (Lipinski definition) is 2. The third kappa shape index (κ3) is 4.52.